The number of carbonyl (C=O) groups is 3. The van der Waals surface area contributed by atoms with Gasteiger partial charge in [-0.05, 0) is 56.5 Å². The molecule has 0 spiro atoms. The maximum absolute atomic E-state index is 13.3. The number of sulfonamides is 1. The summed E-state index contributed by atoms with van der Waals surface area (Å²) in [5.41, 5.74) is 0.959. The third kappa shape index (κ3) is 5.87. The molecule has 0 radical (unpaired) electrons. The lowest BCUT2D eigenvalue weighted by Crippen LogP contribution is -2.49. The monoisotopic (exact) mass is 515 g/mol. The maximum Gasteiger partial charge on any atom is 0.269 e. The lowest BCUT2D eigenvalue weighted by Gasteiger charge is -2.30. The molecule has 0 saturated heterocycles. The average molecular weight is 516 g/mol. The largest absolute Gasteiger partial charge is 0.497 e. The van der Waals surface area contributed by atoms with Crippen molar-refractivity contribution in [2.24, 2.45) is 0 Å². The van der Waals surface area contributed by atoms with E-state index in [0.717, 1.165) is 16.3 Å². The maximum atomic E-state index is 13.3. The van der Waals surface area contributed by atoms with Crippen LogP contribution in [0.5, 0.6) is 5.75 Å². The van der Waals surface area contributed by atoms with Gasteiger partial charge in [-0.3, -0.25) is 14.4 Å². The molecule has 1 aliphatic heterocycles. The minimum atomic E-state index is -3.93. The van der Waals surface area contributed by atoms with E-state index in [0.29, 0.717) is 5.75 Å². The number of nitrogens with one attached hydrogen (secondary N) is 1. The number of amides is 3. The van der Waals surface area contributed by atoms with Gasteiger partial charge in [0.05, 0.1) is 12.7 Å². The van der Waals surface area contributed by atoms with Gasteiger partial charge in [0.25, 0.3) is 15.9 Å². The Kier molecular flexibility index (Phi) is 8.73. The zero-order valence-electron chi connectivity index (χ0n) is 21.1. The van der Waals surface area contributed by atoms with Crippen LogP contribution in [0.25, 0.3) is 0 Å². The van der Waals surface area contributed by atoms with Crippen molar-refractivity contribution in [3.63, 3.8) is 0 Å². The Bertz CT molecular complexity index is 1210. The summed E-state index contributed by atoms with van der Waals surface area (Å²) in [6, 6.07) is 12.5. The van der Waals surface area contributed by atoms with Crippen molar-refractivity contribution >= 4 is 27.7 Å². The summed E-state index contributed by atoms with van der Waals surface area (Å²) in [5, 5.41) is 2.91. The normalized spacial score (nSPS) is 15.7. The number of rotatable bonds is 11. The summed E-state index contributed by atoms with van der Waals surface area (Å²) in [6.45, 7) is 5.60. The van der Waals surface area contributed by atoms with E-state index in [-0.39, 0.29) is 54.2 Å². The number of ether oxygens (including phenoxy) is 1. The van der Waals surface area contributed by atoms with Crippen molar-refractivity contribution in [3.8, 4) is 5.75 Å². The van der Waals surface area contributed by atoms with E-state index in [1.807, 2.05) is 26.0 Å². The molecule has 3 rings (SSSR count). The molecule has 1 aliphatic rings. The van der Waals surface area contributed by atoms with Gasteiger partial charge in [0.1, 0.15) is 16.7 Å². The van der Waals surface area contributed by atoms with Crippen LogP contribution in [-0.4, -0.2) is 61.1 Å². The van der Waals surface area contributed by atoms with Crippen molar-refractivity contribution in [2.45, 2.75) is 63.6 Å². The summed E-state index contributed by atoms with van der Waals surface area (Å²) in [4.78, 5) is 40.2. The van der Waals surface area contributed by atoms with Crippen molar-refractivity contribution in [2.75, 3.05) is 13.7 Å². The van der Waals surface area contributed by atoms with Crippen LogP contribution >= 0.6 is 0 Å². The summed E-state index contributed by atoms with van der Waals surface area (Å²) in [7, 11) is -2.37. The topological polar surface area (TPSA) is 113 Å². The fourth-order valence-corrected chi connectivity index (χ4v) is 5.55. The third-order valence-corrected chi connectivity index (χ3v) is 8.18. The highest BCUT2D eigenvalue weighted by Gasteiger charge is 2.40. The standard InChI is InChI=1S/C26H33N3O6S/c1-5-18(2)27-25(31)19(3)28(17-20-12-14-21(35-4)15-13-20)24(30)11-8-16-29-26(32)22-9-6-7-10-23(22)36(29,33)34/h6-7,9-10,12-15,18-19H,5,8,11,16-17H2,1-4H3,(H,27,31)/t18-,19-/m1/s1. The fraction of sp³-hybridized carbons (Fsp3) is 0.423. The second kappa shape index (κ2) is 11.6. The molecule has 2 atom stereocenters. The molecule has 0 aromatic heterocycles. The first-order valence-electron chi connectivity index (χ1n) is 12.0. The number of nitrogens with zero attached hydrogens (tertiary/aromatic N) is 2. The lowest BCUT2D eigenvalue weighted by molar-refractivity contribution is -0.141. The van der Waals surface area contributed by atoms with Gasteiger partial charge < -0.3 is 15.0 Å². The van der Waals surface area contributed by atoms with Gasteiger partial charge in [0, 0.05) is 25.6 Å². The summed E-state index contributed by atoms with van der Waals surface area (Å²) in [6.07, 6.45) is 0.870. The molecule has 2 aromatic carbocycles. The van der Waals surface area contributed by atoms with Crippen LogP contribution in [0.1, 0.15) is 56.0 Å². The van der Waals surface area contributed by atoms with E-state index in [4.69, 9.17) is 4.74 Å². The Morgan fingerprint density at radius 3 is 2.36 bits per heavy atom. The summed E-state index contributed by atoms with van der Waals surface area (Å²) >= 11 is 0. The van der Waals surface area contributed by atoms with Crippen LogP contribution in [-0.2, 0) is 26.2 Å². The van der Waals surface area contributed by atoms with Crippen molar-refractivity contribution < 1.29 is 27.5 Å². The Morgan fingerprint density at radius 2 is 1.75 bits per heavy atom. The number of methoxy groups -OCH3 is 1. The minimum absolute atomic E-state index is 0.0159. The highest BCUT2D eigenvalue weighted by Crippen LogP contribution is 2.30. The Morgan fingerprint density at radius 1 is 1.08 bits per heavy atom. The minimum Gasteiger partial charge on any atom is -0.497 e. The molecule has 2 aromatic rings. The molecule has 1 N–H and O–H groups in total. The number of benzene rings is 2. The van der Waals surface area contributed by atoms with Crippen LogP contribution in [0.2, 0.25) is 0 Å². The molecule has 0 aliphatic carbocycles. The fourth-order valence-electron chi connectivity index (χ4n) is 3.95. The first-order valence-corrected chi connectivity index (χ1v) is 13.4. The molecule has 9 nitrogen and oxygen atoms in total. The SMILES string of the molecule is CC[C@@H](C)NC(=O)[C@@H](C)N(Cc1ccc(OC)cc1)C(=O)CCCN1C(=O)c2ccccc2S1(=O)=O. The molecule has 0 unspecified atom stereocenters. The number of hydrogen-bond acceptors (Lipinski definition) is 6. The van der Waals surface area contributed by atoms with Crippen LogP contribution in [0.3, 0.4) is 0 Å². The number of fused-ring (bicyclic) bond motifs is 1. The molecule has 10 heteroatoms. The molecule has 1 heterocycles. The van der Waals surface area contributed by atoms with Gasteiger partial charge in [-0.25, -0.2) is 12.7 Å². The van der Waals surface area contributed by atoms with E-state index < -0.39 is 22.0 Å². The van der Waals surface area contributed by atoms with Crippen LogP contribution in [0.4, 0.5) is 0 Å². The van der Waals surface area contributed by atoms with Gasteiger partial charge in [0.2, 0.25) is 11.8 Å². The third-order valence-electron chi connectivity index (χ3n) is 6.34. The quantitative estimate of drug-likeness (QED) is 0.492. The average Bonchev–Trinajstić information content (AvgIpc) is 3.07. The zero-order chi connectivity index (χ0) is 26.5. The van der Waals surface area contributed by atoms with Crippen LogP contribution in [0.15, 0.2) is 53.4 Å². The van der Waals surface area contributed by atoms with E-state index in [9.17, 15) is 22.8 Å². The Balaban J connectivity index is 1.71. The molecular formula is C26H33N3O6S. The highest BCUT2D eigenvalue weighted by atomic mass is 32.2. The number of hydrogen-bond donors (Lipinski definition) is 1. The first-order chi connectivity index (χ1) is 17.1. The lowest BCUT2D eigenvalue weighted by atomic mass is 10.1. The predicted octanol–water partition coefficient (Wildman–Crippen LogP) is 2.95. The van der Waals surface area contributed by atoms with Crippen LogP contribution in [0, 0.1) is 0 Å². The molecule has 36 heavy (non-hydrogen) atoms. The van der Waals surface area contributed by atoms with Crippen molar-refractivity contribution in [1.29, 1.82) is 0 Å². The van der Waals surface area contributed by atoms with E-state index in [2.05, 4.69) is 5.32 Å². The molecular weight excluding hydrogens is 482 g/mol. The van der Waals surface area contributed by atoms with Gasteiger partial charge in [0.15, 0.2) is 0 Å². The molecule has 3 amide bonds. The van der Waals surface area contributed by atoms with E-state index in [1.165, 1.54) is 17.0 Å². The predicted molar refractivity (Wildman–Crippen MR) is 135 cm³/mol. The summed E-state index contributed by atoms with van der Waals surface area (Å²) < 4.78 is 31.6. The first kappa shape index (κ1) is 27.2. The zero-order valence-corrected chi connectivity index (χ0v) is 21.9. The second-order valence-electron chi connectivity index (χ2n) is 8.85. The van der Waals surface area contributed by atoms with Gasteiger partial charge in [-0.1, -0.05) is 31.2 Å². The summed E-state index contributed by atoms with van der Waals surface area (Å²) in [5.74, 6) is -0.482. The van der Waals surface area contributed by atoms with Gasteiger partial charge >= 0.3 is 0 Å². The van der Waals surface area contributed by atoms with Gasteiger partial charge in [-0.15, -0.1) is 0 Å². The van der Waals surface area contributed by atoms with Crippen molar-refractivity contribution in [1.82, 2.24) is 14.5 Å². The number of carbonyl (C=O) groups excluding carboxylic acids is 3. The smallest absolute Gasteiger partial charge is 0.269 e. The highest BCUT2D eigenvalue weighted by molar-refractivity contribution is 7.90. The second-order valence-corrected chi connectivity index (χ2v) is 10.7. The molecule has 0 saturated carbocycles. The molecule has 0 bridgehead atoms. The Labute approximate surface area is 212 Å². The van der Waals surface area contributed by atoms with Gasteiger partial charge in [-0.2, -0.15) is 0 Å². The van der Waals surface area contributed by atoms with E-state index >= 15 is 0 Å². The van der Waals surface area contributed by atoms with Crippen molar-refractivity contribution in [3.05, 3.63) is 59.7 Å². The molecule has 0 fully saturated rings. The Hall–Kier alpha value is -3.40. The van der Waals surface area contributed by atoms with E-state index in [1.54, 1.807) is 38.3 Å². The molecule has 194 valence electrons. The van der Waals surface area contributed by atoms with Crippen LogP contribution < -0.4 is 10.1 Å².